The zero-order chi connectivity index (χ0) is 17.2. The Morgan fingerprint density at radius 3 is 2.76 bits per heavy atom. The summed E-state index contributed by atoms with van der Waals surface area (Å²) in [5.74, 6) is 1.53. The summed E-state index contributed by atoms with van der Waals surface area (Å²) >= 11 is 0. The molecule has 25 heavy (non-hydrogen) atoms. The molecule has 0 amide bonds. The van der Waals surface area contributed by atoms with Gasteiger partial charge in [-0.25, -0.2) is 4.39 Å². The number of nitrogens with zero attached hydrogens (tertiary/aromatic N) is 2. The lowest BCUT2D eigenvalue weighted by molar-refractivity contribution is 0.131. The first-order valence-corrected chi connectivity index (χ1v) is 8.65. The number of nitrogens with one attached hydrogen (secondary N) is 1. The lowest BCUT2D eigenvalue weighted by Gasteiger charge is -2.22. The highest BCUT2D eigenvalue weighted by Gasteiger charge is 2.20. The molecule has 1 saturated carbocycles. The molecule has 5 nitrogen and oxygen atoms in total. The van der Waals surface area contributed by atoms with Crippen LogP contribution in [0.15, 0.2) is 29.3 Å². The Bertz CT molecular complexity index is 527. The third kappa shape index (κ3) is 8.71. The summed E-state index contributed by atoms with van der Waals surface area (Å²) < 4.78 is 24.6. The summed E-state index contributed by atoms with van der Waals surface area (Å²) in [7, 11) is 1.94. The molecule has 1 aromatic carbocycles. The van der Waals surface area contributed by atoms with E-state index in [1.54, 1.807) is 18.2 Å². The smallest absolute Gasteiger partial charge is 0.193 e. The lowest BCUT2D eigenvalue weighted by atomic mass is 10.3. The molecule has 0 unspecified atom stereocenters. The van der Waals surface area contributed by atoms with Gasteiger partial charge in [-0.1, -0.05) is 12.1 Å². The van der Waals surface area contributed by atoms with Crippen LogP contribution in [-0.4, -0.2) is 57.4 Å². The van der Waals surface area contributed by atoms with Gasteiger partial charge in [0.15, 0.2) is 17.5 Å². The second-order valence-electron chi connectivity index (χ2n) is 5.95. The van der Waals surface area contributed by atoms with Crippen LogP contribution in [0.2, 0.25) is 0 Å². The SMILES string of the molecule is CCNC(=NCCOCC1CC1)N(C)CCOc1ccccc1F.I. The summed E-state index contributed by atoms with van der Waals surface area (Å²) in [4.78, 5) is 6.53. The zero-order valence-electron chi connectivity index (χ0n) is 15.0. The number of likely N-dealkylation sites (N-methyl/N-ethyl adjacent to an activating group) is 1. The normalized spacial score (nSPS) is 14.0. The predicted octanol–water partition coefficient (Wildman–Crippen LogP) is 3.15. The fourth-order valence-corrected chi connectivity index (χ4v) is 2.18. The molecule has 0 aromatic heterocycles. The van der Waals surface area contributed by atoms with Gasteiger partial charge in [-0.2, -0.15) is 0 Å². The minimum absolute atomic E-state index is 0. The van der Waals surface area contributed by atoms with Gasteiger partial charge in [0.1, 0.15) is 6.61 Å². The Morgan fingerprint density at radius 2 is 2.08 bits per heavy atom. The summed E-state index contributed by atoms with van der Waals surface area (Å²) in [6.07, 6.45) is 2.60. The first-order chi connectivity index (χ1) is 11.7. The van der Waals surface area contributed by atoms with Crippen molar-refractivity contribution in [1.82, 2.24) is 10.2 Å². The number of guanidine groups is 1. The van der Waals surface area contributed by atoms with E-state index in [1.807, 2.05) is 18.9 Å². The highest BCUT2D eigenvalue weighted by atomic mass is 127. The van der Waals surface area contributed by atoms with E-state index in [0.29, 0.717) is 26.3 Å². The standard InChI is InChI=1S/C18H28FN3O2.HI/c1-3-20-18(21-10-12-23-14-15-8-9-15)22(2)11-13-24-17-7-5-4-6-16(17)19;/h4-7,15H,3,8-14H2,1-2H3,(H,20,21);1H. The number of rotatable bonds is 10. The van der Waals surface area contributed by atoms with Crippen molar-refractivity contribution in [3.05, 3.63) is 30.1 Å². The van der Waals surface area contributed by atoms with Crippen molar-refractivity contribution >= 4 is 29.9 Å². The van der Waals surface area contributed by atoms with Crippen molar-refractivity contribution in [3.8, 4) is 5.75 Å². The van der Waals surface area contributed by atoms with Gasteiger partial charge >= 0.3 is 0 Å². The first kappa shape index (κ1) is 22.0. The Labute approximate surface area is 167 Å². The molecule has 1 aromatic rings. The van der Waals surface area contributed by atoms with Gasteiger partial charge in [0.05, 0.1) is 19.7 Å². The maximum atomic E-state index is 13.5. The molecule has 1 aliphatic carbocycles. The maximum Gasteiger partial charge on any atom is 0.193 e. The summed E-state index contributed by atoms with van der Waals surface area (Å²) in [6.45, 7) is 5.96. The number of halogens is 2. The number of ether oxygens (including phenoxy) is 2. The highest BCUT2D eigenvalue weighted by Crippen LogP contribution is 2.28. The molecule has 0 spiro atoms. The van der Waals surface area contributed by atoms with E-state index in [-0.39, 0.29) is 35.5 Å². The molecule has 7 heteroatoms. The Hall–Kier alpha value is -1.09. The monoisotopic (exact) mass is 465 g/mol. The van der Waals surface area contributed by atoms with Crippen molar-refractivity contribution in [2.24, 2.45) is 10.9 Å². The van der Waals surface area contributed by atoms with Crippen LogP contribution in [0.4, 0.5) is 4.39 Å². The van der Waals surface area contributed by atoms with E-state index in [9.17, 15) is 4.39 Å². The second kappa shape index (κ2) is 12.3. The quantitative estimate of drug-likeness (QED) is 0.250. The Morgan fingerprint density at radius 1 is 1.32 bits per heavy atom. The fourth-order valence-electron chi connectivity index (χ4n) is 2.18. The molecule has 1 N–H and O–H groups in total. The predicted molar refractivity (Wildman–Crippen MR) is 109 cm³/mol. The molecule has 0 heterocycles. The average Bonchev–Trinajstić information content (AvgIpc) is 3.39. The van der Waals surface area contributed by atoms with Crippen LogP contribution in [0.3, 0.4) is 0 Å². The molecule has 142 valence electrons. The number of aliphatic imine (C=N–C) groups is 1. The second-order valence-corrected chi connectivity index (χ2v) is 5.95. The molecular weight excluding hydrogens is 436 g/mol. The van der Waals surface area contributed by atoms with Crippen LogP contribution in [0, 0.1) is 11.7 Å². The lowest BCUT2D eigenvalue weighted by Crippen LogP contribution is -2.41. The van der Waals surface area contributed by atoms with Crippen LogP contribution < -0.4 is 10.1 Å². The van der Waals surface area contributed by atoms with Crippen molar-refractivity contribution in [1.29, 1.82) is 0 Å². The topological polar surface area (TPSA) is 46.1 Å². The first-order valence-electron chi connectivity index (χ1n) is 8.65. The zero-order valence-corrected chi connectivity index (χ0v) is 17.4. The van der Waals surface area contributed by atoms with Crippen molar-refractivity contribution in [2.45, 2.75) is 19.8 Å². The molecule has 1 aliphatic rings. The van der Waals surface area contributed by atoms with Crippen molar-refractivity contribution in [2.75, 3.05) is 46.5 Å². The molecule has 0 radical (unpaired) electrons. The van der Waals surface area contributed by atoms with E-state index in [1.165, 1.54) is 18.9 Å². The molecular formula is C18H29FIN3O2. The van der Waals surface area contributed by atoms with Crippen molar-refractivity contribution < 1.29 is 13.9 Å². The largest absolute Gasteiger partial charge is 0.489 e. The molecule has 0 aliphatic heterocycles. The van der Waals surface area contributed by atoms with Crippen LogP contribution in [-0.2, 0) is 4.74 Å². The third-order valence-corrected chi connectivity index (χ3v) is 3.77. The van der Waals surface area contributed by atoms with E-state index in [4.69, 9.17) is 9.47 Å². The summed E-state index contributed by atoms with van der Waals surface area (Å²) in [5.41, 5.74) is 0. The molecule has 1 fully saturated rings. The van der Waals surface area contributed by atoms with Crippen LogP contribution in [0.5, 0.6) is 5.75 Å². The minimum Gasteiger partial charge on any atom is -0.489 e. The number of hydrogen-bond donors (Lipinski definition) is 1. The molecule has 0 atom stereocenters. The fraction of sp³-hybridized carbons (Fsp3) is 0.611. The van der Waals surface area contributed by atoms with Gasteiger partial charge in [-0.3, -0.25) is 4.99 Å². The van der Waals surface area contributed by atoms with Gasteiger partial charge in [0, 0.05) is 20.2 Å². The summed E-state index contributed by atoms with van der Waals surface area (Å²) in [5, 5.41) is 3.25. The summed E-state index contributed by atoms with van der Waals surface area (Å²) in [6, 6.07) is 6.43. The average molecular weight is 465 g/mol. The number of benzene rings is 1. The highest BCUT2D eigenvalue weighted by molar-refractivity contribution is 14.0. The van der Waals surface area contributed by atoms with Crippen LogP contribution in [0.1, 0.15) is 19.8 Å². The van der Waals surface area contributed by atoms with Crippen LogP contribution in [0.25, 0.3) is 0 Å². The number of para-hydroxylation sites is 1. The Balaban J connectivity index is 0.00000312. The Kier molecular flexibility index (Phi) is 10.8. The van der Waals surface area contributed by atoms with Gasteiger partial charge in [0.2, 0.25) is 0 Å². The van der Waals surface area contributed by atoms with Gasteiger partial charge < -0.3 is 19.7 Å². The van der Waals surface area contributed by atoms with E-state index in [0.717, 1.165) is 25.0 Å². The molecule has 2 rings (SSSR count). The van der Waals surface area contributed by atoms with Gasteiger partial charge in [-0.15, -0.1) is 24.0 Å². The van der Waals surface area contributed by atoms with E-state index in [2.05, 4.69) is 10.3 Å². The minimum atomic E-state index is -0.339. The molecule has 0 bridgehead atoms. The maximum absolute atomic E-state index is 13.5. The van der Waals surface area contributed by atoms with Gasteiger partial charge in [-0.05, 0) is 37.8 Å². The van der Waals surface area contributed by atoms with E-state index >= 15 is 0 Å². The number of hydrogen-bond acceptors (Lipinski definition) is 3. The van der Waals surface area contributed by atoms with Crippen LogP contribution >= 0.6 is 24.0 Å². The third-order valence-electron chi connectivity index (χ3n) is 3.77. The molecule has 0 saturated heterocycles. The van der Waals surface area contributed by atoms with E-state index < -0.39 is 0 Å². The van der Waals surface area contributed by atoms with Crippen molar-refractivity contribution in [3.63, 3.8) is 0 Å². The van der Waals surface area contributed by atoms with Gasteiger partial charge in [0.25, 0.3) is 0 Å².